The fourth-order valence-electron chi connectivity index (χ4n) is 2.93. The van der Waals surface area contributed by atoms with Gasteiger partial charge >= 0.3 is 0 Å². The van der Waals surface area contributed by atoms with Gasteiger partial charge < -0.3 is 20.1 Å². The van der Waals surface area contributed by atoms with E-state index in [0.717, 1.165) is 31.3 Å². The molecule has 1 aromatic rings. The van der Waals surface area contributed by atoms with Crippen molar-refractivity contribution in [1.29, 1.82) is 0 Å². The number of rotatable bonds is 7. The molecule has 0 unspecified atom stereocenters. The Labute approximate surface area is 139 Å². The molecule has 7 nitrogen and oxygen atoms in total. The van der Waals surface area contributed by atoms with E-state index >= 15 is 0 Å². The molecular formula is C16H31N7. The minimum atomic E-state index is 0.639. The number of guanidine groups is 1. The van der Waals surface area contributed by atoms with Gasteiger partial charge in [-0.3, -0.25) is 4.99 Å². The van der Waals surface area contributed by atoms with Crippen LogP contribution in [0.3, 0.4) is 0 Å². The second kappa shape index (κ2) is 10.2. The third-order valence-electron chi connectivity index (χ3n) is 4.32. The van der Waals surface area contributed by atoms with Crippen LogP contribution in [0.4, 0.5) is 0 Å². The van der Waals surface area contributed by atoms with Crippen LogP contribution in [0.15, 0.2) is 11.3 Å². The number of aromatic nitrogens is 3. The number of aliphatic imine (C=N–C) groups is 1. The van der Waals surface area contributed by atoms with Crippen LogP contribution in [0, 0.1) is 0 Å². The number of aryl methyl sites for hydroxylation is 1. The summed E-state index contributed by atoms with van der Waals surface area (Å²) in [7, 11) is 1.80. The predicted octanol–water partition coefficient (Wildman–Crippen LogP) is 1.23. The molecule has 0 aliphatic carbocycles. The van der Waals surface area contributed by atoms with Gasteiger partial charge in [-0.2, -0.15) is 0 Å². The molecule has 1 aliphatic heterocycles. The first kappa shape index (κ1) is 17.7. The quantitative estimate of drug-likeness (QED) is 0.449. The smallest absolute Gasteiger partial charge is 0.191 e. The van der Waals surface area contributed by atoms with Gasteiger partial charge in [0, 0.05) is 20.1 Å². The van der Waals surface area contributed by atoms with Crippen LogP contribution in [0.2, 0.25) is 0 Å². The molecule has 0 bridgehead atoms. The Bertz CT molecular complexity index is 461. The summed E-state index contributed by atoms with van der Waals surface area (Å²) in [6, 6.07) is 0. The van der Waals surface area contributed by atoms with E-state index in [1.54, 1.807) is 13.4 Å². The lowest BCUT2D eigenvalue weighted by Crippen LogP contribution is -2.39. The molecule has 1 aromatic heterocycles. The van der Waals surface area contributed by atoms with Gasteiger partial charge in [0.2, 0.25) is 0 Å². The SMILES string of the molecule is CCn1cnnc1CNC(=NC)NCCCN1CCCCCC1. The molecule has 2 N–H and O–H groups in total. The number of likely N-dealkylation sites (tertiary alicyclic amines) is 1. The molecule has 2 heterocycles. The lowest BCUT2D eigenvalue weighted by molar-refractivity contribution is 0.282. The number of hydrogen-bond donors (Lipinski definition) is 2. The van der Waals surface area contributed by atoms with Crippen LogP contribution in [-0.2, 0) is 13.1 Å². The maximum atomic E-state index is 4.27. The molecule has 130 valence electrons. The van der Waals surface area contributed by atoms with Crippen molar-refractivity contribution in [3.63, 3.8) is 0 Å². The summed E-state index contributed by atoms with van der Waals surface area (Å²) >= 11 is 0. The maximum Gasteiger partial charge on any atom is 0.191 e. The van der Waals surface area contributed by atoms with Crippen LogP contribution in [0.1, 0.15) is 44.9 Å². The Morgan fingerprint density at radius 3 is 2.70 bits per heavy atom. The Morgan fingerprint density at radius 1 is 1.22 bits per heavy atom. The zero-order valence-electron chi connectivity index (χ0n) is 14.6. The number of nitrogens with zero attached hydrogens (tertiary/aromatic N) is 5. The summed E-state index contributed by atoms with van der Waals surface area (Å²) in [5.41, 5.74) is 0. The van der Waals surface area contributed by atoms with Crippen molar-refractivity contribution in [3.8, 4) is 0 Å². The second-order valence-corrected chi connectivity index (χ2v) is 6.00. The van der Waals surface area contributed by atoms with Crippen LogP contribution in [-0.4, -0.2) is 58.9 Å². The van der Waals surface area contributed by atoms with E-state index in [4.69, 9.17) is 0 Å². The zero-order chi connectivity index (χ0) is 16.3. The summed E-state index contributed by atoms with van der Waals surface area (Å²) in [6.45, 7) is 8.25. The van der Waals surface area contributed by atoms with Gasteiger partial charge in [-0.25, -0.2) is 0 Å². The maximum absolute atomic E-state index is 4.27. The molecule has 2 rings (SSSR count). The van der Waals surface area contributed by atoms with E-state index in [1.807, 2.05) is 4.57 Å². The van der Waals surface area contributed by atoms with Gasteiger partial charge in [0.15, 0.2) is 11.8 Å². The van der Waals surface area contributed by atoms with Gasteiger partial charge in [-0.05, 0) is 45.8 Å². The molecule has 0 aromatic carbocycles. The highest BCUT2D eigenvalue weighted by Crippen LogP contribution is 2.09. The Balaban J connectivity index is 1.63. The van der Waals surface area contributed by atoms with E-state index in [9.17, 15) is 0 Å². The van der Waals surface area contributed by atoms with Crippen molar-refractivity contribution in [2.75, 3.05) is 33.2 Å². The molecule has 1 aliphatic rings. The average molecular weight is 321 g/mol. The minimum absolute atomic E-state index is 0.639. The summed E-state index contributed by atoms with van der Waals surface area (Å²) in [5, 5.41) is 14.7. The average Bonchev–Trinajstić information content (AvgIpc) is 2.88. The van der Waals surface area contributed by atoms with Crippen LogP contribution < -0.4 is 10.6 Å². The van der Waals surface area contributed by atoms with Crippen molar-refractivity contribution in [2.24, 2.45) is 4.99 Å². The van der Waals surface area contributed by atoms with Gasteiger partial charge in [0.05, 0.1) is 6.54 Å². The molecule has 1 fully saturated rings. The van der Waals surface area contributed by atoms with Gasteiger partial charge in [-0.15, -0.1) is 10.2 Å². The molecule has 0 radical (unpaired) electrons. The third kappa shape index (κ3) is 6.17. The highest BCUT2D eigenvalue weighted by Gasteiger charge is 2.08. The van der Waals surface area contributed by atoms with Crippen LogP contribution in [0.5, 0.6) is 0 Å². The highest BCUT2D eigenvalue weighted by molar-refractivity contribution is 5.79. The van der Waals surface area contributed by atoms with E-state index in [0.29, 0.717) is 6.54 Å². The molecule has 0 amide bonds. The van der Waals surface area contributed by atoms with Crippen LogP contribution in [0.25, 0.3) is 0 Å². The monoisotopic (exact) mass is 321 g/mol. The number of hydrogen-bond acceptors (Lipinski definition) is 4. The van der Waals surface area contributed by atoms with Crippen molar-refractivity contribution in [3.05, 3.63) is 12.2 Å². The lowest BCUT2D eigenvalue weighted by atomic mass is 10.2. The zero-order valence-corrected chi connectivity index (χ0v) is 14.6. The molecule has 0 atom stereocenters. The fraction of sp³-hybridized carbons (Fsp3) is 0.812. The third-order valence-corrected chi connectivity index (χ3v) is 4.32. The van der Waals surface area contributed by atoms with Crippen molar-refractivity contribution >= 4 is 5.96 Å². The van der Waals surface area contributed by atoms with E-state index < -0.39 is 0 Å². The van der Waals surface area contributed by atoms with E-state index in [2.05, 4.69) is 37.6 Å². The number of nitrogens with one attached hydrogen (secondary N) is 2. The van der Waals surface area contributed by atoms with E-state index in [1.165, 1.54) is 45.3 Å². The molecule has 7 heteroatoms. The lowest BCUT2D eigenvalue weighted by Gasteiger charge is -2.20. The van der Waals surface area contributed by atoms with Gasteiger partial charge in [0.1, 0.15) is 6.33 Å². The molecule has 23 heavy (non-hydrogen) atoms. The first-order chi connectivity index (χ1) is 11.3. The largest absolute Gasteiger partial charge is 0.356 e. The molecule has 0 saturated carbocycles. The van der Waals surface area contributed by atoms with Crippen molar-refractivity contribution in [2.45, 2.75) is 52.1 Å². The molecule has 0 spiro atoms. The van der Waals surface area contributed by atoms with Crippen molar-refractivity contribution in [1.82, 2.24) is 30.3 Å². The molecular weight excluding hydrogens is 290 g/mol. The Morgan fingerprint density at radius 2 is 2.00 bits per heavy atom. The summed E-state index contributed by atoms with van der Waals surface area (Å²) in [4.78, 5) is 6.86. The predicted molar refractivity (Wildman–Crippen MR) is 93.4 cm³/mol. The second-order valence-electron chi connectivity index (χ2n) is 6.00. The van der Waals surface area contributed by atoms with Crippen molar-refractivity contribution < 1.29 is 0 Å². The van der Waals surface area contributed by atoms with Gasteiger partial charge in [0.25, 0.3) is 0 Å². The highest BCUT2D eigenvalue weighted by atomic mass is 15.3. The summed E-state index contributed by atoms with van der Waals surface area (Å²) in [5.74, 6) is 1.76. The first-order valence-electron chi connectivity index (χ1n) is 8.87. The first-order valence-corrected chi connectivity index (χ1v) is 8.87. The minimum Gasteiger partial charge on any atom is -0.356 e. The molecule has 1 saturated heterocycles. The fourth-order valence-corrected chi connectivity index (χ4v) is 2.93. The summed E-state index contributed by atoms with van der Waals surface area (Å²) in [6.07, 6.45) is 8.41. The van der Waals surface area contributed by atoms with Gasteiger partial charge in [-0.1, -0.05) is 12.8 Å². The Kier molecular flexibility index (Phi) is 7.86. The normalized spacial score (nSPS) is 17.0. The summed E-state index contributed by atoms with van der Waals surface area (Å²) < 4.78 is 2.03. The topological polar surface area (TPSA) is 70.4 Å². The van der Waals surface area contributed by atoms with E-state index in [-0.39, 0.29) is 0 Å². The van der Waals surface area contributed by atoms with Crippen LogP contribution >= 0.6 is 0 Å². The standard InChI is InChI=1S/C16H31N7/c1-3-23-14-20-21-15(23)13-19-16(17-2)18-9-8-12-22-10-6-4-5-7-11-22/h14H,3-13H2,1-2H3,(H2,17,18,19). The Hall–Kier alpha value is -1.63.